The highest BCUT2D eigenvalue weighted by Crippen LogP contribution is 2.40. The smallest absolute Gasteiger partial charge is 0.412 e. The third-order valence-corrected chi connectivity index (χ3v) is 7.07. The van der Waals surface area contributed by atoms with Gasteiger partial charge < -0.3 is 20.9 Å². The van der Waals surface area contributed by atoms with Crippen LogP contribution in [0.25, 0.3) is 0 Å². The van der Waals surface area contributed by atoms with Crippen LogP contribution in [0.5, 0.6) is 5.75 Å². The minimum Gasteiger partial charge on any atom is -0.506 e. The van der Waals surface area contributed by atoms with Crippen LogP contribution in [0, 0.1) is 5.92 Å². The molecule has 10 heteroatoms. The van der Waals surface area contributed by atoms with Crippen molar-refractivity contribution in [2.75, 3.05) is 16.4 Å². The maximum absolute atomic E-state index is 12.8. The quantitative estimate of drug-likeness (QED) is 0.133. The molecule has 0 saturated carbocycles. The minimum atomic E-state index is -0.754. The number of phenols is 1. The number of halogens is 3. The molecule has 0 radical (unpaired) electrons. The topological polar surface area (TPSA) is 114 Å². The van der Waals surface area contributed by atoms with Crippen LogP contribution in [0.3, 0.4) is 0 Å². The normalized spacial score (nSPS) is 12.6. The Labute approximate surface area is 240 Å². The van der Waals surface area contributed by atoms with Crippen molar-refractivity contribution >= 4 is 76.9 Å². The molecule has 0 aliphatic heterocycles. The van der Waals surface area contributed by atoms with Crippen LogP contribution in [0.2, 0.25) is 0 Å². The number of carbonyl (C=O) groups excluding carboxylic acids is 2. The number of aromatic hydroxyl groups is 1. The number of benzene rings is 3. The van der Waals surface area contributed by atoms with Gasteiger partial charge in [0.15, 0.2) is 0 Å². The number of hydrogen-bond acceptors (Lipinski definition) is 5. The van der Waals surface area contributed by atoms with E-state index in [0.717, 1.165) is 8.95 Å². The van der Waals surface area contributed by atoms with E-state index in [-0.39, 0.29) is 17.6 Å². The van der Waals surface area contributed by atoms with Gasteiger partial charge in [0, 0.05) is 20.2 Å². The molecule has 0 bridgehead atoms. The Bertz CT molecular complexity index is 1280. The summed E-state index contributed by atoms with van der Waals surface area (Å²) in [5.74, 6) is -0.493. The molecule has 0 aromatic heterocycles. The van der Waals surface area contributed by atoms with E-state index in [1.54, 1.807) is 54.6 Å². The van der Waals surface area contributed by atoms with E-state index < -0.39 is 12.2 Å². The second kappa shape index (κ2) is 13.6. The molecule has 3 aromatic carbocycles. The summed E-state index contributed by atoms with van der Waals surface area (Å²) < 4.78 is 7.89. The molecular weight excluding hydrogens is 670 g/mol. The summed E-state index contributed by atoms with van der Waals surface area (Å²) in [5.41, 5.74) is 7.93. The number of phenolic OH excluding ortho intramolecular Hbond substituents is 1. The Morgan fingerprint density at radius 3 is 2.43 bits per heavy atom. The van der Waals surface area contributed by atoms with E-state index in [2.05, 4.69) is 58.4 Å². The molecule has 0 unspecified atom stereocenters. The van der Waals surface area contributed by atoms with Gasteiger partial charge in [-0.1, -0.05) is 57.0 Å². The first kappa shape index (κ1) is 28.7. The zero-order valence-electron chi connectivity index (χ0n) is 19.9. The van der Waals surface area contributed by atoms with Gasteiger partial charge in [-0.05, 0) is 89.3 Å². The van der Waals surface area contributed by atoms with Gasteiger partial charge in [-0.3, -0.25) is 10.1 Å². The molecule has 3 aromatic rings. The van der Waals surface area contributed by atoms with Crippen molar-refractivity contribution in [2.24, 2.45) is 5.92 Å². The first-order valence-corrected chi connectivity index (χ1v) is 13.7. The summed E-state index contributed by atoms with van der Waals surface area (Å²) >= 11 is 10.1. The highest BCUT2D eigenvalue weighted by Gasteiger charge is 2.27. The number of carbonyl (C=O) groups is 2. The van der Waals surface area contributed by atoms with Crippen molar-refractivity contribution in [1.29, 1.82) is 0 Å². The fourth-order valence-corrected chi connectivity index (χ4v) is 5.09. The molecule has 3 rings (SSSR count). The van der Waals surface area contributed by atoms with E-state index in [4.69, 9.17) is 10.5 Å². The van der Waals surface area contributed by atoms with Crippen molar-refractivity contribution in [2.45, 2.75) is 25.9 Å². The molecule has 0 aliphatic rings. The first-order chi connectivity index (χ1) is 17.6. The van der Waals surface area contributed by atoms with Crippen LogP contribution in [-0.2, 0) is 9.53 Å². The molecule has 0 saturated heterocycles. The van der Waals surface area contributed by atoms with Gasteiger partial charge in [-0.15, -0.1) is 0 Å². The number of ether oxygens (including phenoxy) is 1. The highest BCUT2D eigenvalue weighted by molar-refractivity contribution is 9.11. The van der Waals surface area contributed by atoms with Gasteiger partial charge in [0.2, 0.25) is 5.91 Å². The number of anilines is 3. The fraction of sp³-hybridized carbons (Fsp3) is 0.185. The molecule has 194 valence electrons. The SMILES string of the molecule is C[C@H](CC/C=C/C(=O)Nc1ccccc1N)[C@H](OC(=O)Nc1ccc(Br)cc1)c1cc(Br)cc(Br)c1O. The Balaban J connectivity index is 1.69. The molecular formula is C27H26Br3N3O4. The maximum atomic E-state index is 12.8. The molecule has 0 fully saturated rings. The van der Waals surface area contributed by atoms with E-state index >= 15 is 0 Å². The number of para-hydroxylation sites is 2. The van der Waals surface area contributed by atoms with Crippen molar-refractivity contribution in [3.63, 3.8) is 0 Å². The van der Waals surface area contributed by atoms with Crippen LogP contribution < -0.4 is 16.4 Å². The van der Waals surface area contributed by atoms with Crippen LogP contribution in [-0.4, -0.2) is 17.1 Å². The molecule has 0 aliphatic carbocycles. The number of amides is 2. The van der Waals surface area contributed by atoms with Gasteiger partial charge in [-0.25, -0.2) is 4.79 Å². The minimum absolute atomic E-state index is 0.00754. The lowest BCUT2D eigenvalue weighted by Gasteiger charge is -2.26. The van der Waals surface area contributed by atoms with Gasteiger partial charge in [0.25, 0.3) is 0 Å². The third kappa shape index (κ3) is 8.62. The Morgan fingerprint density at radius 2 is 1.73 bits per heavy atom. The summed E-state index contributed by atoms with van der Waals surface area (Å²) in [5, 5.41) is 16.2. The molecule has 0 heterocycles. The molecule has 0 spiro atoms. The second-order valence-electron chi connectivity index (χ2n) is 8.32. The summed E-state index contributed by atoms with van der Waals surface area (Å²) in [4.78, 5) is 25.0. The van der Waals surface area contributed by atoms with E-state index in [1.807, 2.05) is 19.1 Å². The van der Waals surface area contributed by atoms with E-state index in [1.165, 1.54) is 6.08 Å². The predicted octanol–water partition coefficient (Wildman–Crippen LogP) is 8.16. The monoisotopic (exact) mass is 693 g/mol. The standard InChI is InChI=1S/C27H26Br3N3O4/c1-16(6-2-5-9-24(34)33-23-8-4-3-7-22(23)31)26(20-14-18(29)15-21(30)25(20)35)37-27(36)32-19-12-10-17(28)11-13-19/h3-5,7-16,26,35H,2,6,31H2,1H3,(H,32,36)(H,33,34)/b9-5+/t16-,26+/m1/s1. The summed E-state index contributed by atoms with van der Waals surface area (Å²) in [6.45, 7) is 1.92. The molecule has 37 heavy (non-hydrogen) atoms. The zero-order valence-corrected chi connectivity index (χ0v) is 24.6. The number of hydrogen-bond donors (Lipinski definition) is 4. The molecule has 2 amide bonds. The summed E-state index contributed by atoms with van der Waals surface area (Å²) in [6.07, 6.45) is 2.92. The zero-order chi connectivity index (χ0) is 26.9. The third-order valence-electron chi connectivity index (χ3n) is 5.48. The van der Waals surface area contributed by atoms with Gasteiger partial charge in [0.05, 0.1) is 15.8 Å². The average Bonchev–Trinajstić information content (AvgIpc) is 2.85. The Morgan fingerprint density at radius 1 is 1.03 bits per heavy atom. The second-order valence-corrected chi connectivity index (χ2v) is 11.0. The first-order valence-electron chi connectivity index (χ1n) is 11.4. The van der Waals surface area contributed by atoms with Crippen molar-refractivity contribution < 1.29 is 19.4 Å². The molecule has 2 atom stereocenters. The predicted molar refractivity (Wildman–Crippen MR) is 158 cm³/mol. The largest absolute Gasteiger partial charge is 0.506 e. The van der Waals surface area contributed by atoms with Gasteiger partial charge in [0.1, 0.15) is 11.9 Å². The lowest BCUT2D eigenvalue weighted by molar-refractivity contribution is -0.111. The van der Waals surface area contributed by atoms with Crippen LogP contribution in [0.4, 0.5) is 21.9 Å². The number of nitrogens with one attached hydrogen (secondary N) is 2. The Hall–Kier alpha value is -2.82. The number of nitrogen functional groups attached to an aromatic ring is 1. The van der Waals surface area contributed by atoms with Gasteiger partial charge >= 0.3 is 6.09 Å². The van der Waals surface area contributed by atoms with E-state index in [0.29, 0.717) is 39.9 Å². The molecule has 7 nitrogen and oxygen atoms in total. The van der Waals surface area contributed by atoms with E-state index in [9.17, 15) is 14.7 Å². The number of rotatable bonds is 9. The van der Waals surface area contributed by atoms with Crippen LogP contribution in [0.1, 0.15) is 31.4 Å². The summed E-state index contributed by atoms with van der Waals surface area (Å²) in [6, 6.07) is 17.6. The summed E-state index contributed by atoms with van der Waals surface area (Å²) in [7, 11) is 0. The van der Waals surface area contributed by atoms with Crippen molar-refractivity contribution in [3.8, 4) is 5.75 Å². The molecule has 5 N–H and O–H groups in total. The van der Waals surface area contributed by atoms with Crippen molar-refractivity contribution in [3.05, 3.63) is 91.8 Å². The fourth-order valence-electron chi connectivity index (χ4n) is 3.57. The lowest BCUT2D eigenvalue weighted by Crippen LogP contribution is -2.22. The van der Waals surface area contributed by atoms with Crippen molar-refractivity contribution in [1.82, 2.24) is 0 Å². The van der Waals surface area contributed by atoms with Gasteiger partial charge in [-0.2, -0.15) is 0 Å². The number of nitrogens with two attached hydrogens (primary N) is 1. The number of allylic oxidation sites excluding steroid dienone is 1. The Kier molecular flexibility index (Phi) is 10.6. The van der Waals surface area contributed by atoms with Crippen LogP contribution >= 0.6 is 47.8 Å². The maximum Gasteiger partial charge on any atom is 0.412 e. The lowest BCUT2D eigenvalue weighted by atomic mass is 9.92. The average molecular weight is 696 g/mol. The van der Waals surface area contributed by atoms with Crippen LogP contribution in [0.15, 0.2) is 86.2 Å². The highest BCUT2D eigenvalue weighted by atomic mass is 79.9.